The van der Waals surface area contributed by atoms with Gasteiger partial charge in [0.15, 0.2) is 0 Å². The van der Waals surface area contributed by atoms with Crippen molar-refractivity contribution in [1.82, 2.24) is 16.0 Å². The van der Waals surface area contributed by atoms with Crippen LogP contribution < -0.4 is 16.0 Å². The third-order valence-electron chi connectivity index (χ3n) is 13.8. The zero-order valence-corrected chi connectivity index (χ0v) is 32.0. The van der Waals surface area contributed by atoms with Crippen LogP contribution in [0.15, 0.2) is 170 Å². The Morgan fingerprint density at radius 2 is 0.946 bits per heavy atom. The highest BCUT2D eigenvalue weighted by Gasteiger charge is 2.59. The van der Waals surface area contributed by atoms with Crippen LogP contribution in [0.25, 0.3) is 31.3 Å². The van der Waals surface area contributed by atoms with Crippen LogP contribution in [-0.2, 0) is 5.41 Å². The first-order chi connectivity index (χ1) is 27.7. The third-order valence-corrected chi connectivity index (χ3v) is 14.9. The highest BCUT2D eigenvalue weighted by molar-refractivity contribution is 7.25. The molecule has 0 bridgehead atoms. The molecule has 3 nitrogen and oxygen atoms in total. The van der Waals surface area contributed by atoms with Gasteiger partial charge in [0.05, 0.1) is 23.9 Å². The van der Waals surface area contributed by atoms with Crippen molar-refractivity contribution in [3.63, 3.8) is 0 Å². The maximum Gasteiger partial charge on any atom is 0.0865 e. The predicted octanol–water partition coefficient (Wildman–Crippen LogP) is 12.2. The first-order valence-electron chi connectivity index (χ1n) is 20.4. The molecule has 7 aromatic carbocycles. The van der Waals surface area contributed by atoms with E-state index in [9.17, 15) is 0 Å². The zero-order valence-electron chi connectivity index (χ0n) is 31.2. The number of benzene rings is 7. The van der Waals surface area contributed by atoms with Crippen LogP contribution in [0, 0.1) is 5.92 Å². The first-order valence-corrected chi connectivity index (χ1v) is 21.2. The minimum absolute atomic E-state index is 0.0132. The smallest absolute Gasteiger partial charge is 0.0865 e. The summed E-state index contributed by atoms with van der Waals surface area (Å²) in [6, 6.07) is 64.0. The maximum atomic E-state index is 3.88. The molecule has 1 saturated carbocycles. The molecule has 1 aromatic heterocycles. The molecule has 1 aliphatic heterocycles. The van der Waals surface area contributed by atoms with Crippen molar-refractivity contribution < 1.29 is 0 Å². The second kappa shape index (κ2) is 12.8. The van der Waals surface area contributed by atoms with Crippen LogP contribution >= 0.6 is 11.3 Å². The minimum Gasteiger partial charge on any atom is -0.279 e. The van der Waals surface area contributed by atoms with Gasteiger partial charge in [-0.3, -0.25) is 16.0 Å². The molecule has 2 heterocycles. The lowest BCUT2D eigenvalue weighted by Gasteiger charge is -2.42. The fraction of sp³-hybridized carbons (Fsp3) is 0.192. The molecule has 1 spiro atoms. The highest BCUT2D eigenvalue weighted by Crippen LogP contribution is 2.68. The van der Waals surface area contributed by atoms with Crippen molar-refractivity contribution in [2.24, 2.45) is 5.92 Å². The van der Waals surface area contributed by atoms with Crippen molar-refractivity contribution >= 4 is 31.5 Å². The van der Waals surface area contributed by atoms with Gasteiger partial charge >= 0.3 is 0 Å². The van der Waals surface area contributed by atoms with Crippen LogP contribution in [0.1, 0.15) is 94.1 Å². The summed E-state index contributed by atoms with van der Waals surface area (Å²) in [5.74, 6) is 1.63. The third kappa shape index (κ3) is 4.86. The Labute approximate surface area is 332 Å². The lowest BCUT2D eigenvalue weighted by atomic mass is 9.60. The van der Waals surface area contributed by atoms with Gasteiger partial charge in [-0.2, -0.15) is 0 Å². The zero-order chi connectivity index (χ0) is 36.8. The van der Waals surface area contributed by atoms with Gasteiger partial charge in [-0.15, -0.1) is 11.3 Å². The van der Waals surface area contributed by atoms with Crippen LogP contribution in [0.5, 0.6) is 0 Å². The molecule has 0 radical (unpaired) electrons. The Bertz CT molecular complexity index is 2680. The molecule has 3 N–H and O–H groups in total. The average Bonchev–Trinajstić information content (AvgIpc) is 3.90. The lowest BCUT2D eigenvalue weighted by molar-refractivity contribution is 0.203. The van der Waals surface area contributed by atoms with E-state index in [1.165, 1.54) is 83.9 Å². The number of nitrogens with one attached hydrogen (secondary N) is 3. The van der Waals surface area contributed by atoms with Crippen molar-refractivity contribution in [2.45, 2.75) is 55.0 Å². The van der Waals surface area contributed by atoms with Crippen LogP contribution in [-0.4, -0.2) is 0 Å². The molecule has 3 aliphatic carbocycles. The molecule has 12 rings (SSSR count). The Morgan fingerprint density at radius 3 is 1.57 bits per heavy atom. The number of thiophene rings is 1. The molecule has 8 aromatic rings. The Hall–Kier alpha value is -5.36. The summed E-state index contributed by atoms with van der Waals surface area (Å²) < 4.78 is 2.74. The number of hydrogen-bond acceptors (Lipinski definition) is 4. The van der Waals surface area contributed by atoms with Crippen LogP contribution in [0.2, 0.25) is 0 Å². The topological polar surface area (TPSA) is 36.1 Å². The van der Waals surface area contributed by atoms with E-state index in [1.807, 2.05) is 11.3 Å². The molecular formula is C52H43N3S. The van der Waals surface area contributed by atoms with Gasteiger partial charge in [0, 0.05) is 20.2 Å². The molecule has 2 fully saturated rings. The van der Waals surface area contributed by atoms with E-state index < -0.39 is 0 Å². The van der Waals surface area contributed by atoms with Crippen LogP contribution in [0.3, 0.4) is 0 Å². The first kappa shape index (κ1) is 32.8. The van der Waals surface area contributed by atoms with Gasteiger partial charge < -0.3 is 0 Å². The van der Waals surface area contributed by atoms with Gasteiger partial charge in [0.2, 0.25) is 0 Å². The minimum atomic E-state index is -0.0963. The largest absolute Gasteiger partial charge is 0.279 e. The molecule has 5 atom stereocenters. The Balaban J connectivity index is 0.892. The van der Waals surface area contributed by atoms with Crippen LogP contribution in [0.4, 0.5) is 0 Å². The number of fused-ring (bicyclic) bond motifs is 13. The van der Waals surface area contributed by atoms with E-state index in [-0.39, 0.29) is 23.9 Å². The number of hydrogen-bond donors (Lipinski definition) is 3. The van der Waals surface area contributed by atoms with E-state index in [0.29, 0.717) is 17.8 Å². The van der Waals surface area contributed by atoms with Crippen molar-refractivity contribution in [2.75, 3.05) is 0 Å². The fourth-order valence-electron chi connectivity index (χ4n) is 11.4. The highest BCUT2D eigenvalue weighted by atomic mass is 32.1. The van der Waals surface area contributed by atoms with Crippen molar-refractivity contribution in [3.8, 4) is 11.1 Å². The molecule has 272 valence electrons. The molecule has 4 aliphatic rings. The van der Waals surface area contributed by atoms with Gasteiger partial charge in [0.1, 0.15) is 0 Å². The lowest BCUT2D eigenvalue weighted by Crippen LogP contribution is -2.54. The number of rotatable bonds is 4. The van der Waals surface area contributed by atoms with E-state index in [2.05, 4.69) is 186 Å². The monoisotopic (exact) mass is 741 g/mol. The van der Waals surface area contributed by atoms with Gasteiger partial charge in [-0.25, -0.2) is 0 Å². The SMILES string of the molecule is c1ccc(C2NC(c3ccccc3)NC(c3ccc4c(c3)sc3cc(C5CCC6c7ccccc7C7(c8ccccc8-c8ccccc87)C6C5)ccc34)N2)cc1. The fourth-order valence-corrected chi connectivity index (χ4v) is 12.6. The summed E-state index contributed by atoms with van der Waals surface area (Å²) in [5.41, 5.74) is 14.1. The van der Waals surface area contributed by atoms with Gasteiger partial charge in [-0.05, 0) is 105 Å². The molecular weight excluding hydrogens is 699 g/mol. The molecule has 4 heteroatoms. The van der Waals surface area contributed by atoms with Gasteiger partial charge in [0.25, 0.3) is 0 Å². The summed E-state index contributed by atoms with van der Waals surface area (Å²) >= 11 is 1.95. The standard InChI is InChI=1S/C52H43N3S/c1-3-13-32(14-4-1)49-53-50(33-15-5-2-6-16-33)55-51(54-49)36-25-28-42-41-27-24-35(30-47(41)56-48(42)31-36)34-23-26-40-39-19-9-12-22-45(39)52(46(40)29-34)43-20-10-7-17-37(43)38-18-8-11-21-44(38)52/h1-22,24-25,27-28,30-31,34,40,46,49-51,53-55H,23,26,29H2. The summed E-state index contributed by atoms with van der Waals surface area (Å²) in [7, 11) is 0. The second-order valence-electron chi connectivity index (χ2n) is 16.4. The molecule has 1 saturated heterocycles. The summed E-state index contributed by atoms with van der Waals surface area (Å²) in [6.45, 7) is 0. The second-order valence-corrected chi connectivity index (χ2v) is 17.5. The average molecular weight is 742 g/mol. The quantitative estimate of drug-likeness (QED) is 0.168. The summed E-state index contributed by atoms with van der Waals surface area (Å²) in [5, 5.41) is 14.3. The molecule has 56 heavy (non-hydrogen) atoms. The maximum absolute atomic E-state index is 3.88. The van der Waals surface area contributed by atoms with E-state index in [0.717, 1.165) is 0 Å². The normalized spacial score (nSPS) is 24.5. The summed E-state index contributed by atoms with van der Waals surface area (Å²) in [4.78, 5) is 0. The van der Waals surface area contributed by atoms with Crippen molar-refractivity contribution in [1.29, 1.82) is 0 Å². The summed E-state index contributed by atoms with van der Waals surface area (Å²) in [6.07, 6.45) is 3.67. The molecule has 5 unspecified atom stereocenters. The Kier molecular flexibility index (Phi) is 7.53. The Morgan fingerprint density at radius 1 is 0.446 bits per heavy atom. The predicted molar refractivity (Wildman–Crippen MR) is 231 cm³/mol. The van der Waals surface area contributed by atoms with E-state index in [1.54, 1.807) is 11.1 Å². The van der Waals surface area contributed by atoms with E-state index >= 15 is 0 Å². The van der Waals surface area contributed by atoms with Crippen molar-refractivity contribution in [3.05, 3.63) is 214 Å². The molecule has 0 amide bonds. The van der Waals surface area contributed by atoms with Gasteiger partial charge in [-0.1, -0.05) is 158 Å². The van der Waals surface area contributed by atoms with E-state index in [4.69, 9.17) is 0 Å².